The Labute approximate surface area is 146 Å². The number of aromatic nitrogens is 1. The van der Waals surface area contributed by atoms with Gasteiger partial charge in [0.2, 0.25) is 0 Å². The average molecular weight is 335 g/mol. The van der Waals surface area contributed by atoms with Crippen molar-refractivity contribution in [1.82, 2.24) is 4.57 Å². The molecule has 1 aliphatic carbocycles. The Morgan fingerprint density at radius 1 is 1.16 bits per heavy atom. The zero-order valence-electron chi connectivity index (χ0n) is 14.3. The molecule has 0 aliphatic heterocycles. The maximum absolute atomic E-state index is 11.8. The first kappa shape index (κ1) is 15.8. The molecule has 3 aromatic rings. The topological polar surface area (TPSA) is 51.5 Å². The highest BCUT2D eigenvalue weighted by atomic mass is 16.5. The Hall–Kier alpha value is -2.75. The highest BCUT2D eigenvalue weighted by Gasteiger charge is 2.23. The monoisotopic (exact) mass is 335 g/mol. The minimum atomic E-state index is -0.868. The first-order valence-electron chi connectivity index (χ1n) is 8.68. The molecule has 0 atom stereocenters. The fourth-order valence-electron chi connectivity index (χ4n) is 3.99. The molecular formula is C21H21NO3. The van der Waals surface area contributed by atoms with E-state index in [4.69, 9.17) is 4.74 Å². The molecule has 0 radical (unpaired) electrons. The smallest absolute Gasteiger partial charge is 0.337 e. The van der Waals surface area contributed by atoms with Crippen LogP contribution in [0.2, 0.25) is 0 Å². The minimum Gasteiger partial charge on any atom is -0.497 e. The van der Waals surface area contributed by atoms with Crippen LogP contribution in [-0.2, 0) is 19.4 Å². The molecule has 0 saturated carbocycles. The van der Waals surface area contributed by atoms with E-state index in [9.17, 15) is 9.90 Å². The van der Waals surface area contributed by atoms with Crippen LogP contribution in [0, 0.1) is 0 Å². The van der Waals surface area contributed by atoms with Gasteiger partial charge < -0.3 is 14.4 Å². The number of hydrogen-bond donors (Lipinski definition) is 1. The van der Waals surface area contributed by atoms with E-state index in [-0.39, 0.29) is 0 Å². The van der Waals surface area contributed by atoms with Gasteiger partial charge in [0.15, 0.2) is 0 Å². The van der Waals surface area contributed by atoms with E-state index in [1.807, 2.05) is 24.3 Å². The van der Waals surface area contributed by atoms with Gasteiger partial charge in [-0.1, -0.05) is 24.3 Å². The van der Waals surface area contributed by atoms with Gasteiger partial charge in [-0.3, -0.25) is 0 Å². The minimum absolute atomic E-state index is 0.384. The van der Waals surface area contributed by atoms with Gasteiger partial charge in [-0.15, -0.1) is 0 Å². The summed E-state index contributed by atoms with van der Waals surface area (Å²) in [5, 5.41) is 10.8. The lowest BCUT2D eigenvalue weighted by molar-refractivity contribution is 0.0698. The van der Waals surface area contributed by atoms with Crippen LogP contribution in [0.15, 0.2) is 42.5 Å². The summed E-state index contributed by atoms with van der Waals surface area (Å²) in [5.41, 5.74) is 4.97. The first-order valence-corrected chi connectivity index (χ1v) is 8.68. The summed E-state index contributed by atoms with van der Waals surface area (Å²) in [5.74, 6) is -0.0476. The molecule has 1 aromatic heterocycles. The van der Waals surface area contributed by atoms with E-state index in [2.05, 4.69) is 16.7 Å². The zero-order valence-corrected chi connectivity index (χ0v) is 14.3. The molecule has 0 amide bonds. The van der Waals surface area contributed by atoms with Crippen molar-refractivity contribution in [2.75, 3.05) is 7.11 Å². The van der Waals surface area contributed by atoms with Crippen LogP contribution in [0.3, 0.4) is 0 Å². The lowest BCUT2D eigenvalue weighted by Gasteiger charge is -2.16. The third-order valence-electron chi connectivity index (χ3n) is 5.10. The highest BCUT2D eigenvalue weighted by Crippen LogP contribution is 2.34. The number of aryl methyl sites for hydroxylation is 1. The summed E-state index contributed by atoms with van der Waals surface area (Å²) >= 11 is 0. The van der Waals surface area contributed by atoms with Crippen LogP contribution in [0.4, 0.5) is 0 Å². The molecule has 25 heavy (non-hydrogen) atoms. The third kappa shape index (κ3) is 2.68. The molecule has 0 saturated heterocycles. The van der Waals surface area contributed by atoms with Crippen molar-refractivity contribution in [3.05, 3.63) is 64.8 Å². The largest absolute Gasteiger partial charge is 0.497 e. The fraction of sp³-hybridized carbons (Fsp3) is 0.286. The van der Waals surface area contributed by atoms with Gasteiger partial charge in [-0.25, -0.2) is 4.79 Å². The molecule has 2 aromatic carbocycles. The predicted octanol–water partition coefficient (Wildman–Crippen LogP) is 4.28. The predicted molar refractivity (Wildman–Crippen MR) is 97.6 cm³/mol. The number of methoxy groups -OCH3 is 1. The number of hydrogen-bond acceptors (Lipinski definition) is 2. The van der Waals surface area contributed by atoms with E-state index in [1.165, 1.54) is 17.7 Å². The van der Waals surface area contributed by atoms with E-state index in [1.54, 1.807) is 13.2 Å². The normalized spacial score (nSPS) is 13.6. The SMILES string of the molecule is COc1cccc(Cn2c3c(c4cccc(C(=O)O)c42)CCCC3)c1. The number of carbonyl (C=O) groups is 1. The summed E-state index contributed by atoms with van der Waals surface area (Å²) in [6, 6.07) is 13.6. The van der Waals surface area contributed by atoms with Crippen molar-refractivity contribution in [3.63, 3.8) is 0 Å². The van der Waals surface area contributed by atoms with E-state index >= 15 is 0 Å². The van der Waals surface area contributed by atoms with Gasteiger partial charge in [-0.2, -0.15) is 0 Å². The van der Waals surface area contributed by atoms with Crippen LogP contribution >= 0.6 is 0 Å². The number of benzene rings is 2. The Morgan fingerprint density at radius 2 is 1.96 bits per heavy atom. The molecule has 4 heteroatoms. The van der Waals surface area contributed by atoms with E-state index in [0.29, 0.717) is 12.1 Å². The quantitative estimate of drug-likeness (QED) is 0.774. The lowest BCUT2D eigenvalue weighted by atomic mass is 9.95. The lowest BCUT2D eigenvalue weighted by Crippen LogP contribution is -2.10. The van der Waals surface area contributed by atoms with E-state index < -0.39 is 5.97 Å². The Kier molecular flexibility index (Phi) is 3.96. The average Bonchev–Trinajstić information content (AvgIpc) is 2.96. The van der Waals surface area contributed by atoms with Gasteiger partial charge in [-0.05, 0) is 55.0 Å². The van der Waals surface area contributed by atoms with Crippen LogP contribution in [-0.4, -0.2) is 22.8 Å². The van der Waals surface area contributed by atoms with Crippen LogP contribution < -0.4 is 4.74 Å². The Bertz CT molecular complexity index is 955. The number of aromatic carboxylic acids is 1. The Morgan fingerprint density at radius 3 is 2.76 bits per heavy atom. The second kappa shape index (κ2) is 6.28. The van der Waals surface area contributed by atoms with E-state index in [0.717, 1.165) is 41.5 Å². The van der Waals surface area contributed by atoms with Crippen molar-refractivity contribution < 1.29 is 14.6 Å². The molecule has 0 bridgehead atoms. The molecule has 0 spiro atoms. The molecular weight excluding hydrogens is 314 g/mol. The summed E-state index contributed by atoms with van der Waals surface area (Å²) in [6.45, 7) is 0.660. The standard InChI is InChI=1S/C21H21NO3/c1-25-15-7-4-6-14(12-15)13-22-19-11-3-2-8-16(19)17-9-5-10-18(20(17)22)21(23)24/h4-7,9-10,12H,2-3,8,11,13H2,1H3,(H,23,24). The fourth-order valence-corrected chi connectivity index (χ4v) is 3.99. The second-order valence-corrected chi connectivity index (χ2v) is 6.58. The number of nitrogens with zero attached hydrogens (tertiary/aromatic N) is 1. The third-order valence-corrected chi connectivity index (χ3v) is 5.10. The van der Waals surface area contributed by atoms with Gasteiger partial charge >= 0.3 is 5.97 Å². The maximum Gasteiger partial charge on any atom is 0.337 e. The molecule has 4 rings (SSSR count). The summed E-state index contributed by atoms with van der Waals surface area (Å²) in [4.78, 5) is 11.8. The van der Waals surface area contributed by atoms with Crippen molar-refractivity contribution in [2.45, 2.75) is 32.2 Å². The maximum atomic E-state index is 11.8. The van der Waals surface area contributed by atoms with Gasteiger partial charge in [0.1, 0.15) is 5.75 Å². The molecule has 4 nitrogen and oxygen atoms in total. The van der Waals surface area contributed by atoms with Gasteiger partial charge in [0.05, 0.1) is 18.2 Å². The van der Waals surface area contributed by atoms with Crippen molar-refractivity contribution in [2.24, 2.45) is 0 Å². The van der Waals surface area contributed by atoms with Crippen LogP contribution in [0.1, 0.15) is 40.0 Å². The molecule has 0 unspecified atom stereocenters. The van der Waals surface area contributed by atoms with Crippen molar-refractivity contribution >= 4 is 16.9 Å². The van der Waals surface area contributed by atoms with Crippen molar-refractivity contribution in [1.29, 1.82) is 0 Å². The number of para-hydroxylation sites is 1. The van der Waals surface area contributed by atoms with Gasteiger partial charge in [0.25, 0.3) is 0 Å². The molecule has 1 heterocycles. The molecule has 128 valence electrons. The Balaban J connectivity index is 1.93. The highest BCUT2D eigenvalue weighted by molar-refractivity contribution is 6.04. The van der Waals surface area contributed by atoms with Crippen molar-refractivity contribution in [3.8, 4) is 5.75 Å². The van der Waals surface area contributed by atoms with Crippen LogP contribution in [0.5, 0.6) is 5.75 Å². The first-order chi connectivity index (χ1) is 12.2. The summed E-state index contributed by atoms with van der Waals surface area (Å²) in [6.07, 6.45) is 4.36. The molecule has 1 N–H and O–H groups in total. The van der Waals surface area contributed by atoms with Crippen LogP contribution in [0.25, 0.3) is 10.9 Å². The number of carboxylic acids is 1. The second-order valence-electron chi connectivity index (χ2n) is 6.58. The van der Waals surface area contributed by atoms with Gasteiger partial charge in [0, 0.05) is 17.6 Å². The zero-order chi connectivity index (χ0) is 17.4. The number of rotatable bonds is 4. The molecule has 1 aliphatic rings. The molecule has 0 fully saturated rings. The number of fused-ring (bicyclic) bond motifs is 3. The number of ether oxygens (including phenoxy) is 1. The summed E-state index contributed by atoms with van der Waals surface area (Å²) < 4.78 is 7.54. The summed E-state index contributed by atoms with van der Waals surface area (Å²) in [7, 11) is 1.66. The number of carboxylic acid groups (broad SMARTS) is 1.